The number of β-lactam (4-membered cyclic amide) rings is 1. The summed E-state index contributed by atoms with van der Waals surface area (Å²) in [5, 5.41) is 0. The van der Waals surface area contributed by atoms with Gasteiger partial charge in [0.15, 0.2) is 5.60 Å². The average Bonchev–Trinajstić information content (AvgIpc) is 3.56. The van der Waals surface area contributed by atoms with Gasteiger partial charge < -0.3 is 19.1 Å². The number of aryl methyl sites for hydroxylation is 2. The van der Waals surface area contributed by atoms with Crippen LogP contribution in [0, 0.1) is 12.8 Å². The molecule has 0 unspecified atom stereocenters. The summed E-state index contributed by atoms with van der Waals surface area (Å²) in [5.74, 6) is 0.577. The second-order valence-electron chi connectivity index (χ2n) is 8.75. The van der Waals surface area contributed by atoms with Crippen LogP contribution >= 0.6 is 0 Å². The molecule has 9 nitrogen and oxygen atoms in total. The summed E-state index contributed by atoms with van der Waals surface area (Å²) in [4.78, 5) is 19.1. The molecular formula is C22H34N2O7S. The molecule has 1 saturated carbocycles. The molecule has 0 N–H and O–H groups in total. The van der Waals surface area contributed by atoms with E-state index < -0.39 is 21.8 Å². The van der Waals surface area contributed by atoms with E-state index in [0.717, 1.165) is 30.6 Å². The van der Waals surface area contributed by atoms with Gasteiger partial charge in [-0.25, -0.2) is 0 Å². The van der Waals surface area contributed by atoms with Crippen LogP contribution in [0.4, 0.5) is 0 Å². The largest absolute Gasteiger partial charge is 0.364 e. The van der Waals surface area contributed by atoms with E-state index in [4.69, 9.17) is 18.4 Å². The monoisotopic (exact) mass is 470 g/mol. The van der Waals surface area contributed by atoms with Gasteiger partial charge in [0.05, 0.1) is 18.9 Å². The van der Waals surface area contributed by atoms with E-state index in [1.54, 1.807) is 0 Å². The predicted octanol–water partition coefficient (Wildman–Crippen LogP) is 1.82. The van der Waals surface area contributed by atoms with Gasteiger partial charge in [-0.05, 0) is 42.9 Å². The van der Waals surface area contributed by atoms with Crippen LogP contribution in [0.25, 0.3) is 0 Å². The molecule has 2 heterocycles. The zero-order valence-electron chi connectivity index (χ0n) is 19.3. The van der Waals surface area contributed by atoms with Gasteiger partial charge in [0.2, 0.25) is 0 Å². The number of amides is 1. The quantitative estimate of drug-likeness (QED) is 0.230. The molecule has 10 heteroatoms. The van der Waals surface area contributed by atoms with Crippen LogP contribution in [-0.4, -0.2) is 76.5 Å². The van der Waals surface area contributed by atoms with E-state index in [1.807, 2.05) is 19.2 Å². The first-order valence-electron chi connectivity index (χ1n) is 10.9. The van der Waals surface area contributed by atoms with Gasteiger partial charge in [-0.2, -0.15) is 8.42 Å². The summed E-state index contributed by atoms with van der Waals surface area (Å²) in [7, 11) is -0.769. The van der Waals surface area contributed by atoms with Gasteiger partial charge >= 0.3 is 0 Å². The van der Waals surface area contributed by atoms with E-state index in [-0.39, 0.29) is 32.5 Å². The number of nitrogens with zero attached hydrogens (tertiary/aromatic N) is 2. The minimum atomic E-state index is -3.70. The fourth-order valence-corrected chi connectivity index (χ4v) is 4.59. The standard InChI is InChI=1S/C22H34N2O7S/c1-16-12-23-19(10-18(16)7-5-6-17-8-9-17)11-22(30-15-29-3)20(13-31-32(4,26)27)24(14-28-2)21(22)25/h10,12,17,20H,5-9,11,13-15H2,1-4H3/t20-,22-/m0/s1. The van der Waals surface area contributed by atoms with Gasteiger partial charge in [-0.1, -0.05) is 19.3 Å². The third-order valence-electron chi connectivity index (χ3n) is 6.15. The normalized spacial score (nSPS) is 23.4. The highest BCUT2D eigenvalue weighted by Gasteiger charge is 2.62. The third kappa shape index (κ3) is 6.05. The maximum Gasteiger partial charge on any atom is 0.264 e. The highest BCUT2D eigenvalue weighted by molar-refractivity contribution is 7.85. The van der Waals surface area contributed by atoms with E-state index in [1.165, 1.54) is 43.9 Å². The molecule has 1 amide bonds. The summed E-state index contributed by atoms with van der Waals surface area (Å²) in [6.07, 6.45) is 9.01. The van der Waals surface area contributed by atoms with E-state index in [2.05, 4.69) is 4.98 Å². The average molecular weight is 471 g/mol. The molecule has 3 rings (SSSR count). The second kappa shape index (κ2) is 10.6. The van der Waals surface area contributed by atoms with Crippen molar-refractivity contribution in [1.82, 2.24) is 9.88 Å². The summed E-state index contributed by atoms with van der Waals surface area (Å²) < 4.78 is 44.3. The lowest BCUT2D eigenvalue weighted by Gasteiger charge is -2.54. The van der Waals surface area contributed by atoms with Gasteiger partial charge in [0.1, 0.15) is 13.5 Å². The van der Waals surface area contributed by atoms with Crippen LogP contribution in [0.5, 0.6) is 0 Å². The SMILES string of the molecule is COCO[C@]1(Cc2cc(CCCC3CC3)c(C)cn2)C(=O)N(COC)[C@H]1COS(C)(=O)=O. The molecule has 0 aromatic carbocycles. The number of hydrogen-bond donors (Lipinski definition) is 0. The number of carbonyl (C=O) groups is 1. The van der Waals surface area contributed by atoms with Crippen molar-refractivity contribution < 1.29 is 31.6 Å². The number of likely N-dealkylation sites (tertiary alicyclic amines) is 1. The molecule has 0 spiro atoms. The minimum absolute atomic E-state index is 0.00244. The van der Waals surface area contributed by atoms with E-state index in [0.29, 0.717) is 5.69 Å². The Hall–Kier alpha value is -1.59. The molecule has 180 valence electrons. The Morgan fingerprint density at radius 1 is 1.25 bits per heavy atom. The zero-order chi connectivity index (χ0) is 23.4. The van der Waals surface area contributed by atoms with Crippen LogP contribution < -0.4 is 0 Å². The Bertz CT molecular complexity index is 904. The smallest absolute Gasteiger partial charge is 0.264 e. The molecule has 2 aliphatic rings. The van der Waals surface area contributed by atoms with Crippen molar-refractivity contribution in [2.75, 3.05) is 40.6 Å². The van der Waals surface area contributed by atoms with E-state index >= 15 is 0 Å². The first-order valence-corrected chi connectivity index (χ1v) is 12.7. The number of hydrogen-bond acceptors (Lipinski definition) is 8. The fraction of sp³-hybridized carbons (Fsp3) is 0.727. The lowest BCUT2D eigenvalue weighted by Crippen LogP contribution is -2.77. The highest BCUT2D eigenvalue weighted by atomic mass is 32.2. The topological polar surface area (TPSA) is 104 Å². The first-order chi connectivity index (χ1) is 15.2. The molecular weight excluding hydrogens is 436 g/mol. The van der Waals surface area contributed by atoms with Crippen molar-refractivity contribution in [3.8, 4) is 0 Å². The van der Waals surface area contributed by atoms with Crippen molar-refractivity contribution in [1.29, 1.82) is 0 Å². The number of pyridine rings is 1. The Kier molecular flexibility index (Phi) is 8.26. The van der Waals surface area contributed by atoms with Gasteiger partial charge in [-0.15, -0.1) is 0 Å². The van der Waals surface area contributed by atoms with Gasteiger partial charge in [0.25, 0.3) is 16.0 Å². The Morgan fingerprint density at radius 2 is 2.00 bits per heavy atom. The van der Waals surface area contributed by atoms with Crippen molar-refractivity contribution in [2.45, 2.75) is 57.1 Å². The van der Waals surface area contributed by atoms with Crippen molar-refractivity contribution >= 4 is 16.0 Å². The van der Waals surface area contributed by atoms with Crippen LogP contribution in [-0.2, 0) is 46.1 Å². The third-order valence-corrected chi connectivity index (χ3v) is 6.71. The molecule has 1 aromatic heterocycles. The van der Waals surface area contributed by atoms with E-state index in [9.17, 15) is 13.2 Å². The number of rotatable bonds is 14. The number of ether oxygens (including phenoxy) is 3. The molecule has 1 aliphatic carbocycles. The van der Waals surface area contributed by atoms with Gasteiger partial charge in [0, 0.05) is 32.5 Å². The zero-order valence-corrected chi connectivity index (χ0v) is 20.2. The summed E-state index contributed by atoms with van der Waals surface area (Å²) >= 11 is 0. The molecule has 32 heavy (non-hydrogen) atoms. The molecule has 2 atom stereocenters. The van der Waals surface area contributed by atoms with Crippen molar-refractivity contribution in [3.63, 3.8) is 0 Å². The molecule has 2 fully saturated rings. The Labute approximate surface area is 190 Å². The van der Waals surface area contributed by atoms with Gasteiger partial charge in [-0.3, -0.25) is 14.0 Å². The number of carbonyl (C=O) groups excluding carboxylic acids is 1. The summed E-state index contributed by atoms with van der Waals surface area (Å²) in [6.45, 7) is 1.68. The molecule has 1 aromatic rings. The van der Waals surface area contributed by atoms with Crippen LogP contribution in [0.2, 0.25) is 0 Å². The maximum absolute atomic E-state index is 13.2. The lowest BCUT2D eigenvalue weighted by atomic mass is 9.78. The summed E-state index contributed by atoms with van der Waals surface area (Å²) in [6, 6.07) is 1.36. The lowest BCUT2D eigenvalue weighted by molar-refractivity contribution is -0.236. The number of aromatic nitrogens is 1. The minimum Gasteiger partial charge on any atom is -0.364 e. The second-order valence-corrected chi connectivity index (χ2v) is 10.4. The number of methoxy groups -OCH3 is 2. The Morgan fingerprint density at radius 3 is 2.62 bits per heavy atom. The van der Waals surface area contributed by atoms with Crippen LogP contribution in [0.3, 0.4) is 0 Å². The summed E-state index contributed by atoms with van der Waals surface area (Å²) in [5.41, 5.74) is 1.70. The highest BCUT2D eigenvalue weighted by Crippen LogP contribution is 2.38. The molecule has 0 radical (unpaired) electrons. The van der Waals surface area contributed by atoms with Crippen LogP contribution in [0.15, 0.2) is 12.3 Å². The predicted molar refractivity (Wildman–Crippen MR) is 117 cm³/mol. The van der Waals surface area contributed by atoms with Crippen molar-refractivity contribution in [2.24, 2.45) is 5.92 Å². The molecule has 1 aliphatic heterocycles. The molecule has 1 saturated heterocycles. The molecule has 0 bridgehead atoms. The fourth-order valence-electron chi connectivity index (χ4n) is 4.22. The first kappa shape index (κ1) is 25.0. The Balaban J connectivity index is 1.82. The maximum atomic E-state index is 13.2. The van der Waals surface area contributed by atoms with Crippen LogP contribution in [0.1, 0.15) is 42.5 Å². The van der Waals surface area contributed by atoms with Crippen molar-refractivity contribution in [3.05, 3.63) is 29.1 Å².